The zero-order valence-corrected chi connectivity index (χ0v) is 16.1. The summed E-state index contributed by atoms with van der Waals surface area (Å²) >= 11 is 0. The molecule has 2 N–H and O–H groups in total. The van der Waals surface area contributed by atoms with Gasteiger partial charge in [0.1, 0.15) is 12.4 Å². The van der Waals surface area contributed by atoms with Crippen LogP contribution in [0.15, 0.2) is 41.4 Å². The molecule has 0 aliphatic carbocycles. The summed E-state index contributed by atoms with van der Waals surface area (Å²) in [4.78, 5) is 4.23. The zero-order valence-electron chi connectivity index (χ0n) is 16.1. The minimum absolute atomic E-state index is 0.540. The minimum atomic E-state index is 0.540. The molecular formula is C20H27N3O3. The number of hydrogen-bond acceptors (Lipinski definition) is 4. The summed E-state index contributed by atoms with van der Waals surface area (Å²) in [6, 6.07) is 11.7. The highest BCUT2D eigenvalue weighted by Gasteiger charge is 2.07. The summed E-state index contributed by atoms with van der Waals surface area (Å²) < 4.78 is 16.5. The van der Waals surface area contributed by atoms with Gasteiger partial charge in [0.05, 0.1) is 20.8 Å². The van der Waals surface area contributed by atoms with Gasteiger partial charge in [-0.3, -0.25) is 4.99 Å². The van der Waals surface area contributed by atoms with Crippen LogP contribution in [0.5, 0.6) is 17.2 Å². The molecule has 0 aliphatic rings. The third-order valence-corrected chi connectivity index (χ3v) is 3.92. The standard InChI is InChI=1S/C20H27N3O3/c1-14-7-6-8-15(2)19(14)26-12-11-22-20(21-3)23-16-9-10-17(24-4)18(13-16)25-5/h6-10,13H,11-12H2,1-5H3,(H2,21,22,23). The normalized spacial score (nSPS) is 11.0. The van der Waals surface area contributed by atoms with E-state index in [9.17, 15) is 0 Å². The summed E-state index contributed by atoms with van der Waals surface area (Å²) in [5.74, 6) is 2.94. The molecule has 0 radical (unpaired) electrons. The van der Waals surface area contributed by atoms with E-state index in [1.54, 1.807) is 21.3 Å². The number of nitrogens with one attached hydrogen (secondary N) is 2. The van der Waals surface area contributed by atoms with Gasteiger partial charge in [0, 0.05) is 18.8 Å². The first kappa shape index (κ1) is 19.4. The first-order chi connectivity index (χ1) is 12.6. The fourth-order valence-corrected chi connectivity index (χ4v) is 2.58. The smallest absolute Gasteiger partial charge is 0.195 e. The van der Waals surface area contributed by atoms with E-state index < -0.39 is 0 Å². The lowest BCUT2D eigenvalue weighted by molar-refractivity contribution is 0.318. The van der Waals surface area contributed by atoms with Gasteiger partial charge >= 0.3 is 0 Å². The number of rotatable bonds is 7. The van der Waals surface area contributed by atoms with E-state index in [0.29, 0.717) is 30.6 Å². The van der Waals surface area contributed by atoms with Gasteiger partial charge in [0.2, 0.25) is 0 Å². The van der Waals surface area contributed by atoms with Gasteiger partial charge in [-0.15, -0.1) is 0 Å². The van der Waals surface area contributed by atoms with Crippen LogP contribution in [-0.4, -0.2) is 40.4 Å². The number of aliphatic imine (C=N–C) groups is 1. The van der Waals surface area contributed by atoms with Crippen molar-refractivity contribution in [1.29, 1.82) is 0 Å². The molecule has 26 heavy (non-hydrogen) atoms. The Morgan fingerprint density at radius 2 is 1.69 bits per heavy atom. The quantitative estimate of drug-likeness (QED) is 0.452. The van der Waals surface area contributed by atoms with Crippen molar-refractivity contribution in [2.75, 3.05) is 39.7 Å². The van der Waals surface area contributed by atoms with E-state index in [4.69, 9.17) is 14.2 Å². The number of aryl methyl sites for hydroxylation is 2. The van der Waals surface area contributed by atoms with Gasteiger partial charge in [-0.2, -0.15) is 0 Å². The Morgan fingerprint density at radius 1 is 1.00 bits per heavy atom. The van der Waals surface area contributed by atoms with E-state index in [-0.39, 0.29) is 0 Å². The van der Waals surface area contributed by atoms with Crippen molar-refractivity contribution in [2.45, 2.75) is 13.8 Å². The Hall–Kier alpha value is -2.89. The second kappa shape index (κ2) is 9.56. The van der Waals surface area contributed by atoms with Crippen LogP contribution in [0, 0.1) is 13.8 Å². The summed E-state index contributed by atoms with van der Waals surface area (Å²) in [6.07, 6.45) is 0. The van der Waals surface area contributed by atoms with Crippen molar-refractivity contribution < 1.29 is 14.2 Å². The summed E-state index contributed by atoms with van der Waals surface area (Å²) in [6.45, 7) is 5.26. The predicted octanol–water partition coefficient (Wildman–Crippen LogP) is 3.39. The lowest BCUT2D eigenvalue weighted by Gasteiger charge is -2.15. The van der Waals surface area contributed by atoms with E-state index in [0.717, 1.165) is 22.6 Å². The molecule has 0 aliphatic heterocycles. The fraction of sp³-hybridized carbons (Fsp3) is 0.350. The Kier molecular flexibility index (Phi) is 7.14. The molecule has 6 nitrogen and oxygen atoms in total. The molecule has 0 heterocycles. The molecule has 0 unspecified atom stereocenters. The molecule has 0 aromatic heterocycles. The van der Waals surface area contributed by atoms with Crippen molar-refractivity contribution in [3.63, 3.8) is 0 Å². The molecule has 0 saturated carbocycles. The van der Waals surface area contributed by atoms with Crippen molar-refractivity contribution in [1.82, 2.24) is 5.32 Å². The van der Waals surface area contributed by atoms with Crippen LogP contribution in [0.2, 0.25) is 0 Å². The lowest BCUT2D eigenvalue weighted by atomic mass is 10.1. The highest BCUT2D eigenvalue weighted by atomic mass is 16.5. The second-order valence-corrected chi connectivity index (χ2v) is 5.76. The number of guanidine groups is 1. The van der Waals surface area contributed by atoms with Crippen molar-refractivity contribution in [3.05, 3.63) is 47.5 Å². The highest BCUT2D eigenvalue weighted by molar-refractivity contribution is 5.93. The first-order valence-electron chi connectivity index (χ1n) is 8.47. The number of ether oxygens (including phenoxy) is 3. The van der Waals surface area contributed by atoms with Gasteiger partial charge in [0.25, 0.3) is 0 Å². The first-order valence-corrected chi connectivity index (χ1v) is 8.47. The Labute approximate surface area is 155 Å². The van der Waals surface area contributed by atoms with Gasteiger partial charge in [-0.25, -0.2) is 0 Å². The molecule has 2 aromatic carbocycles. The molecule has 0 saturated heterocycles. The molecular weight excluding hydrogens is 330 g/mol. The summed E-state index contributed by atoms with van der Waals surface area (Å²) in [7, 11) is 4.95. The Balaban J connectivity index is 1.88. The molecule has 0 atom stereocenters. The van der Waals surface area contributed by atoms with Crippen molar-refractivity contribution in [3.8, 4) is 17.2 Å². The number of methoxy groups -OCH3 is 2. The maximum Gasteiger partial charge on any atom is 0.195 e. The van der Waals surface area contributed by atoms with E-state index in [2.05, 4.69) is 15.6 Å². The molecule has 0 spiro atoms. The van der Waals surface area contributed by atoms with Gasteiger partial charge in [0.15, 0.2) is 17.5 Å². The molecule has 0 bridgehead atoms. The molecule has 0 amide bonds. The summed E-state index contributed by atoms with van der Waals surface area (Å²) in [5, 5.41) is 6.46. The monoisotopic (exact) mass is 357 g/mol. The number of benzene rings is 2. The second-order valence-electron chi connectivity index (χ2n) is 5.76. The van der Waals surface area contributed by atoms with E-state index in [1.807, 2.05) is 50.2 Å². The lowest BCUT2D eigenvalue weighted by Crippen LogP contribution is -2.33. The molecule has 2 rings (SSSR count). The van der Waals surface area contributed by atoms with Crippen LogP contribution in [0.25, 0.3) is 0 Å². The number of para-hydroxylation sites is 1. The van der Waals surface area contributed by atoms with Crippen LogP contribution >= 0.6 is 0 Å². The highest BCUT2D eigenvalue weighted by Crippen LogP contribution is 2.29. The van der Waals surface area contributed by atoms with Crippen LogP contribution in [-0.2, 0) is 0 Å². The molecule has 0 fully saturated rings. The van der Waals surface area contributed by atoms with Crippen LogP contribution < -0.4 is 24.8 Å². The third-order valence-electron chi connectivity index (χ3n) is 3.92. The summed E-state index contributed by atoms with van der Waals surface area (Å²) in [5.41, 5.74) is 3.13. The number of nitrogens with zero attached hydrogens (tertiary/aromatic N) is 1. The fourth-order valence-electron chi connectivity index (χ4n) is 2.58. The zero-order chi connectivity index (χ0) is 18.9. The Morgan fingerprint density at radius 3 is 2.31 bits per heavy atom. The van der Waals surface area contributed by atoms with Crippen LogP contribution in [0.4, 0.5) is 5.69 Å². The molecule has 140 valence electrons. The average molecular weight is 357 g/mol. The van der Waals surface area contributed by atoms with Crippen molar-refractivity contribution >= 4 is 11.6 Å². The average Bonchev–Trinajstić information content (AvgIpc) is 2.65. The van der Waals surface area contributed by atoms with Crippen LogP contribution in [0.3, 0.4) is 0 Å². The van der Waals surface area contributed by atoms with E-state index in [1.165, 1.54) is 0 Å². The molecule has 6 heteroatoms. The van der Waals surface area contributed by atoms with Gasteiger partial charge in [-0.05, 0) is 37.1 Å². The predicted molar refractivity (Wildman–Crippen MR) is 106 cm³/mol. The van der Waals surface area contributed by atoms with Gasteiger partial charge < -0.3 is 24.8 Å². The van der Waals surface area contributed by atoms with E-state index >= 15 is 0 Å². The largest absolute Gasteiger partial charge is 0.493 e. The number of hydrogen-bond donors (Lipinski definition) is 2. The van der Waals surface area contributed by atoms with Crippen LogP contribution in [0.1, 0.15) is 11.1 Å². The SMILES string of the molecule is CN=C(NCCOc1c(C)cccc1C)Nc1ccc(OC)c(OC)c1. The third kappa shape index (κ3) is 5.05. The minimum Gasteiger partial charge on any atom is -0.493 e. The van der Waals surface area contributed by atoms with Crippen molar-refractivity contribution in [2.24, 2.45) is 4.99 Å². The topological polar surface area (TPSA) is 64.1 Å². The molecule has 2 aromatic rings. The van der Waals surface area contributed by atoms with Gasteiger partial charge in [-0.1, -0.05) is 18.2 Å². The Bertz CT molecular complexity index is 740. The maximum absolute atomic E-state index is 5.90. The maximum atomic E-state index is 5.90. The number of anilines is 1.